The summed E-state index contributed by atoms with van der Waals surface area (Å²) in [6, 6.07) is 4.33. The lowest BCUT2D eigenvalue weighted by Crippen LogP contribution is -2.35. The van der Waals surface area contributed by atoms with E-state index in [4.69, 9.17) is 10.5 Å². The monoisotopic (exact) mass is 293 g/mol. The number of hydrogen-bond donors (Lipinski definition) is 2. The molecule has 1 unspecified atom stereocenters. The van der Waals surface area contributed by atoms with Crippen molar-refractivity contribution in [2.45, 2.75) is 25.8 Å². The maximum absolute atomic E-state index is 12.0. The Bertz CT molecular complexity index is 515. The van der Waals surface area contributed by atoms with Crippen LogP contribution in [0.1, 0.15) is 30.1 Å². The molecule has 1 aromatic carbocycles. The van der Waals surface area contributed by atoms with Gasteiger partial charge < -0.3 is 20.7 Å². The summed E-state index contributed by atoms with van der Waals surface area (Å²) in [4.78, 5) is 25.4. The van der Waals surface area contributed by atoms with Crippen molar-refractivity contribution in [2.75, 3.05) is 26.5 Å². The number of nitrogens with zero attached hydrogens (tertiary/aromatic N) is 1. The van der Waals surface area contributed by atoms with Gasteiger partial charge in [-0.15, -0.1) is 0 Å². The van der Waals surface area contributed by atoms with Crippen LogP contribution >= 0.6 is 0 Å². The molecule has 0 heterocycles. The Kier molecular flexibility index (Phi) is 6.17. The minimum Gasteiger partial charge on any atom is -0.495 e. The Labute approximate surface area is 125 Å². The first kappa shape index (κ1) is 17.0. The fraction of sp³-hybridized carbons (Fsp3) is 0.467. The molecule has 1 atom stereocenters. The van der Waals surface area contributed by atoms with Crippen LogP contribution in [0.15, 0.2) is 18.2 Å². The van der Waals surface area contributed by atoms with Gasteiger partial charge in [0.1, 0.15) is 5.75 Å². The first-order chi connectivity index (χ1) is 9.90. The first-order valence-electron chi connectivity index (χ1n) is 6.86. The molecule has 6 heteroatoms. The topological polar surface area (TPSA) is 84.7 Å². The van der Waals surface area contributed by atoms with E-state index in [1.54, 1.807) is 32.3 Å². The number of carbonyl (C=O) groups excluding carboxylic acids is 2. The lowest BCUT2D eigenvalue weighted by atomic mass is 10.1. The van der Waals surface area contributed by atoms with Gasteiger partial charge in [0, 0.05) is 19.7 Å². The third kappa shape index (κ3) is 4.46. The quantitative estimate of drug-likeness (QED) is 0.831. The van der Waals surface area contributed by atoms with E-state index in [2.05, 4.69) is 5.32 Å². The number of hydrogen-bond acceptors (Lipinski definition) is 4. The molecule has 0 saturated carbocycles. The van der Waals surface area contributed by atoms with E-state index < -0.39 is 6.04 Å². The lowest BCUT2D eigenvalue weighted by molar-refractivity contribution is -0.117. The van der Waals surface area contributed by atoms with Crippen molar-refractivity contribution < 1.29 is 14.3 Å². The number of amides is 2. The second-order valence-electron chi connectivity index (χ2n) is 5.00. The molecule has 2 amide bonds. The number of nitrogens with one attached hydrogen (secondary N) is 1. The summed E-state index contributed by atoms with van der Waals surface area (Å²) in [5.41, 5.74) is 6.70. The summed E-state index contributed by atoms with van der Waals surface area (Å²) in [5.74, 6) is 0.0537. The third-order valence-corrected chi connectivity index (χ3v) is 3.05. The summed E-state index contributed by atoms with van der Waals surface area (Å²) < 4.78 is 5.20. The minimum absolute atomic E-state index is 0.147. The Morgan fingerprint density at radius 3 is 2.57 bits per heavy atom. The zero-order valence-electron chi connectivity index (χ0n) is 13.0. The van der Waals surface area contributed by atoms with Gasteiger partial charge in [-0.3, -0.25) is 9.59 Å². The van der Waals surface area contributed by atoms with Gasteiger partial charge in [0.25, 0.3) is 5.91 Å². The molecule has 3 N–H and O–H groups in total. The van der Waals surface area contributed by atoms with E-state index >= 15 is 0 Å². The highest BCUT2D eigenvalue weighted by atomic mass is 16.5. The summed E-state index contributed by atoms with van der Waals surface area (Å²) in [6.45, 7) is 1.96. The van der Waals surface area contributed by atoms with Gasteiger partial charge in [-0.05, 0) is 24.6 Å². The normalized spacial score (nSPS) is 11.7. The smallest absolute Gasteiger partial charge is 0.253 e. The van der Waals surface area contributed by atoms with E-state index in [1.165, 1.54) is 12.0 Å². The van der Waals surface area contributed by atoms with Crippen LogP contribution < -0.4 is 15.8 Å². The van der Waals surface area contributed by atoms with E-state index in [0.717, 1.165) is 6.42 Å². The van der Waals surface area contributed by atoms with Gasteiger partial charge in [0.2, 0.25) is 5.91 Å². The molecular formula is C15H23N3O3. The summed E-state index contributed by atoms with van der Waals surface area (Å²) in [5, 5.41) is 2.72. The molecule has 6 nitrogen and oxygen atoms in total. The van der Waals surface area contributed by atoms with Gasteiger partial charge in [0.05, 0.1) is 18.8 Å². The van der Waals surface area contributed by atoms with Gasteiger partial charge in [-0.1, -0.05) is 13.3 Å². The van der Waals surface area contributed by atoms with Crippen LogP contribution in [-0.2, 0) is 4.79 Å². The molecule has 1 aromatic rings. The van der Waals surface area contributed by atoms with Crippen molar-refractivity contribution in [1.82, 2.24) is 4.90 Å². The van der Waals surface area contributed by atoms with Gasteiger partial charge in [-0.25, -0.2) is 0 Å². The molecule has 0 aromatic heterocycles. The Morgan fingerprint density at radius 1 is 1.38 bits per heavy atom. The van der Waals surface area contributed by atoms with E-state index in [-0.39, 0.29) is 11.8 Å². The zero-order valence-corrected chi connectivity index (χ0v) is 13.0. The number of methoxy groups -OCH3 is 1. The van der Waals surface area contributed by atoms with Crippen molar-refractivity contribution in [3.8, 4) is 5.75 Å². The van der Waals surface area contributed by atoms with Crippen LogP contribution in [0, 0.1) is 0 Å². The largest absolute Gasteiger partial charge is 0.495 e. The number of nitrogens with two attached hydrogens (primary N) is 1. The lowest BCUT2D eigenvalue weighted by Gasteiger charge is -2.16. The highest BCUT2D eigenvalue weighted by Crippen LogP contribution is 2.26. The van der Waals surface area contributed by atoms with Crippen LogP contribution in [0.4, 0.5) is 5.69 Å². The maximum atomic E-state index is 12.0. The second kappa shape index (κ2) is 7.64. The van der Waals surface area contributed by atoms with Crippen LogP contribution in [0.25, 0.3) is 0 Å². The van der Waals surface area contributed by atoms with Crippen LogP contribution in [-0.4, -0.2) is 44.0 Å². The zero-order chi connectivity index (χ0) is 16.0. The molecular weight excluding hydrogens is 270 g/mol. The predicted molar refractivity (Wildman–Crippen MR) is 82.5 cm³/mol. The molecule has 1 rings (SSSR count). The van der Waals surface area contributed by atoms with Crippen molar-refractivity contribution >= 4 is 17.5 Å². The standard InChI is InChI=1S/C15H23N3O3/c1-5-6-11(16)14(19)17-12-9-10(15(20)18(2)3)7-8-13(12)21-4/h7-9,11H,5-6,16H2,1-4H3,(H,17,19). The van der Waals surface area contributed by atoms with E-state index in [9.17, 15) is 9.59 Å². The fourth-order valence-corrected chi connectivity index (χ4v) is 1.86. The van der Waals surface area contributed by atoms with E-state index in [1.807, 2.05) is 6.92 Å². The van der Waals surface area contributed by atoms with Crippen molar-refractivity contribution in [2.24, 2.45) is 5.73 Å². The number of rotatable bonds is 6. The molecule has 21 heavy (non-hydrogen) atoms. The number of benzene rings is 1. The summed E-state index contributed by atoms with van der Waals surface area (Å²) in [7, 11) is 4.84. The molecule has 116 valence electrons. The SMILES string of the molecule is CCCC(N)C(=O)Nc1cc(C(=O)N(C)C)ccc1OC. The molecule has 0 aliphatic rings. The Hall–Kier alpha value is -2.08. The maximum Gasteiger partial charge on any atom is 0.253 e. The predicted octanol–water partition coefficient (Wildman–Crippen LogP) is 1.46. The molecule has 0 aliphatic carbocycles. The van der Waals surface area contributed by atoms with Crippen LogP contribution in [0.3, 0.4) is 0 Å². The number of ether oxygens (including phenoxy) is 1. The molecule has 0 aliphatic heterocycles. The number of carbonyl (C=O) groups is 2. The molecule has 0 bridgehead atoms. The first-order valence-corrected chi connectivity index (χ1v) is 6.86. The highest BCUT2D eigenvalue weighted by molar-refractivity contribution is 5.99. The minimum atomic E-state index is -0.576. The Balaban J connectivity index is 3.01. The van der Waals surface area contributed by atoms with Gasteiger partial charge in [-0.2, -0.15) is 0 Å². The second-order valence-corrected chi connectivity index (χ2v) is 5.00. The molecule has 0 spiro atoms. The average molecular weight is 293 g/mol. The van der Waals surface area contributed by atoms with Gasteiger partial charge in [0.15, 0.2) is 0 Å². The molecule has 0 saturated heterocycles. The average Bonchev–Trinajstić information content (AvgIpc) is 2.46. The van der Waals surface area contributed by atoms with Crippen LogP contribution in [0.2, 0.25) is 0 Å². The highest BCUT2D eigenvalue weighted by Gasteiger charge is 2.17. The van der Waals surface area contributed by atoms with Crippen molar-refractivity contribution in [3.63, 3.8) is 0 Å². The molecule has 0 radical (unpaired) electrons. The van der Waals surface area contributed by atoms with Crippen molar-refractivity contribution in [1.29, 1.82) is 0 Å². The Morgan fingerprint density at radius 2 is 2.05 bits per heavy atom. The number of anilines is 1. The van der Waals surface area contributed by atoms with Crippen molar-refractivity contribution in [3.05, 3.63) is 23.8 Å². The van der Waals surface area contributed by atoms with Gasteiger partial charge >= 0.3 is 0 Å². The molecule has 0 fully saturated rings. The summed E-state index contributed by atoms with van der Waals surface area (Å²) >= 11 is 0. The van der Waals surface area contributed by atoms with Crippen LogP contribution in [0.5, 0.6) is 5.75 Å². The van der Waals surface area contributed by atoms with E-state index in [0.29, 0.717) is 23.4 Å². The third-order valence-electron chi connectivity index (χ3n) is 3.05. The summed E-state index contributed by atoms with van der Waals surface area (Å²) in [6.07, 6.45) is 1.43. The fourth-order valence-electron chi connectivity index (χ4n) is 1.86.